The highest BCUT2D eigenvalue weighted by molar-refractivity contribution is 6.17. The van der Waals surface area contributed by atoms with Gasteiger partial charge in [0.15, 0.2) is 5.82 Å². The number of rotatable bonds is 10. The van der Waals surface area contributed by atoms with Crippen LogP contribution < -0.4 is 10.6 Å². The van der Waals surface area contributed by atoms with Gasteiger partial charge in [0.1, 0.15) is 46.2 Å². The van der Waals surface area contributed by atoms with Gasteiger partial charge >= 0.3 is 18.3 Å². The van der Waals surface area contributed by atoms with Crippen LogP contribution in [0.15, 0.2) is 36.4 Å². The Morgan fingerprint density at radius 2 is 1.39 bits per heavy atom. The van der Waals surface area contributed by atoms with Crippen molar-refractivity contribution in [1.29, 1.82) is 0 Å². The number of carbonyl (C=O) groups is 3. The maximum absolute atomic E-state index is 15.0. The summed E-state index contributed by atoms with van der Waals surface area (Å²) in [5.74, 6) is -0.138. The molecule has 14 heteroatoms. The first-order valence-electron chi connectivity index (χ1n) is 17.9. The van der Waals surface area contributed by atoms with Gasteiger partial charge in [-0.25, -0.2) is 28.7 Å². The van der Waals surface area contributed by atoms with Gasteiger partial charge in [-0.3, -0.25) is 0 Å². The molecule has 2 amide bonds. The summed E-state index contributed by atoms with van der Waals surface area (Å²) < 4.78 is 45.3. The van der Waals surface area contributed by atoms with Crippen molar-refractivity contribution in [2.24, 2.45) is 5.73 Å². The highest BCUT2D eigenvalue weighted by Gasteiger charge is 2.37. The molecule has 2 heterocycles. The molecule has 0 radical (unpaired) electrons. The Morgan fingerprint density at radius 1 is 0.796 bits per heavy atom. The van der Waals surface area contributed by atoms with Crippen LogP contribution in [0.25, 0.3) is 21.9 Å². The summed E-state index contributed by atoms with van der Waals surface area (Å²) in [6.45, 7) is 21.3. The zero-order valence-electron chi connectivity index (χ0n) is 33.5. The second-order valence-electron chi connectivity index (χ2n) is 16.7. The summed E-state index contributed by atoms with van der Waals surface area (Å²) in [4.78, 5) is 51.3. The number of aromatic nitrogens is 3. The van der Waals surface area contributed by atoms with Crippen LogP contribution in [0.3, 0.4) is 0 Å². The Labute approximate surface area is 316 Å². The van der Waals surface area contributed by atoms with E-state index in [0.29, 0.717) is 40.0 Å². The molecule has 0 bridgehead atoms. The molecule has 0 saturated carbocycles. The molecule has 0 aliphatic rings. The summed E-state index contributed by atoms with van der Waals surface area (Å²) in [6, 6.07) is 10.2. The number of halogens is 1. The van der Waals surface area contributed by atoms with Crippen molar-refractivity contribution in [2.75, 3.05) is 11.5 Å². The number of nitrogens with two attached hydrogens (primary N) is 1. The van der Waals surface area contributed by atoms with Gasteiger partial charge in [0.2, 0.25) is 0 Å². The number of pyridine rings is 1. The Balaban J connectivity index is 2.05. The van der Waals surface area contributed by atoms with Crippen molar-refractivity contribution in [3.63, 3.8) is 0 Å². The third-order valence-corrected chi connectivity index (χ3v) is 7.63. The maximum Gasteiger partial charge on any atom is 0.509 e. The highest BCUT2D eigenvalue weighted by atomic mass is 19.1. The number of benzene rings is 2. The van der Waals surface area contributed by atoms with Gasteiger partial charge in [0.05, 0.1) is 17.6 Å². The van der Waals surface area contributed by atoms with Gasteiger partial charge in [-0.05, 0) is 112 Å². The molecule has 0 fully saturated rings. The minimum atomic E-state index is -1.16. The Bertz CT molecular complexity index is 1990. The molecule has 4 aromatic rings. The quantitative estimate of drug-likeness (QED) is 0.122. The van der Waals surface area contributed by atoms with Gasteiger partial charge in [-0.15, -0.1) is 0 Å². The van der Waals surface area contributed by atoms with E-state index in [1.54, 1.807) is 94.4 Å². The fourth-order valence-electron chi connectivity index (χ4n) is 5.59. The van der Waals surface area contributed by atoms with E-state index in [1.807, 2.05) is 23.6 Å². The molecule has 4 rings (SSSR count). The smallest absolute Gasteiger partial charge is 0.443 e. The fourth-order valence-corrected chi connectivity index (χ4v) is 5.59. The van der Waals surface area contributed by atoms with Crippen molar-refractivity contribution in [3.05, 3.63) is 64.7 Å². The van der Waals surface area contributed by atoms with Crippen LogP contribution in [-0.4, -0.2) is 61.9 Å². The first-order chi connectivity index (χ1) is 24.9. The largest absolute Gasteiger partial charge is 0.509 e. The first kappa shape index (κ1) is 41.9. The third kappa shape index (κ3) is 10.9. The summed E-state index contributed by atoms with van der Waals surface area (Å²) in [5.41, 5.74) is 4.80. The summed E-state index contributed by atoms with van der Waals surface area (Å²) in [6.07, 6.45) is -2.71. The van der Waals surface area contributed by atoms with Crippen molar-refractivity contribution < 1.29 is 42.5 Å². The van der Waals surface area contributed by atoms with Crippen molar-refractivity contribution in [3.8, 4) is 0 Å². The second-order valence-corrected chi connectivity index (χ2v) is 16.7. The minimum absolute atomic E-state index is 0.0301. The number of amides is 2. The van der Waals surface area contributed by atoms with Crippen LogP contribution in [-0.2, 0) is 49.8 Å². The molecule has 0 aliphatic heterocycles. The van der Waals surface area contributed by atoms with Gasteiger partial charge in [-0.1, -0.05) is 24.3 Å². The first-order valence-corrected chi connectivity index (χ1v) is 17.9. The lowest BCUT2D eigenvalue weighted by molar-refractivity contribution is -0.0584. The summed E-state index contributed by atoms with van der Waals surface area (Å²) in [7, 11) is 0. The van der Waals surface area contributed by atoms with Gasteiger partial charge in [-0.2, -0.15) is 4.90 Å². The van der Waals surface area contributed by atoms with Gasteiger partial charge in [0, 0.05) is 25.0 Å². The summed E-state index contributed by atoms with van der Waals surface area (Å²) in [5, 5.41) is 0.588. The molecule has 0 spiro atoms. The number of imide groups is 1. The van der Waals surface area contributed by atoms with E-state index in [1.165, 1.54) is 6.07 Å². The predicted molar refractivity (Wildman–Crippen MR) is 204 cm³/mol. The minimum Gasteiger partial charge on any atom is -0.443 e. The molecule has 0 saturated heterocycles. The molecular formula is C40H54FN5O8. The Kier molecular flexibility index (Phi) is 12.3. The van der Waals surface area contributed by atoms with Crippen LogP contribution >= 0.6 is 0 Å². The molecule has 54 heavy (non-hydrogen) atoms. The molecule has 0 unspecified atom stereocenters. The number of hydrogen-bond donors (Lipinski definition) is 1. The van der Waals surface area contributed by atoms with Gasteiger partial charge in [0.25, 0.3) is 0 Å². The molecule has 13 nitrogen and oxygen atoms in total. The molecule has 2 N–H and O–H groups in total. The third-order valence-electron chi connectivity index (χ3n) is 7.63. The van der Waals surface area contributed by atoms with Crippen molar-refractivity contribution in [2.45, 2.75) is 132 Å². The second kappa shape index (κ2) is 15.9. The predicted octanol–water partition coefficient (Wildman–Crippen LogP) is 8.72. The van der Waals surface area contributed by atoms with Crippen LogP contribution in [0.1, 0.15) is 106 Å². The van der Waals surface area contributed by atoms with Crippen molar-refractivity contribution in [1.82, 2.24) is 14.5 Å². The van der Waals surface area contributed by atoms with Crippen LogP contribution in [0.2, 0.25) is 0 Å². The lowest BCUT2D eigenvalue weighted by Gasteiger charge is -2.29. The Hall–Kier alpha value is -4.82. The highest BCUT2D eigenvalue weighted by Crippen LogP contribution is 2.36. The molecule has 2 aromatic heterocycles. The fraction of sp³-hybridized carbons (Fsp3) is 0.525. The number of nitrogens with zero attached hydrogens (tertiary/aromatic N) is 4. The van der Waals surface area contributed by atoms with Crippen LogP contribution in [0.5, 0.6) is 0 Å². The lowest BCUT2D eigenvalue weighted by atomic mass is 10.0. The van der Waals surface area contributed by atoms with Gasteiger partial charge < -0.3 is 34.0 Å². The SMILES string of the molecule is CCOCc1nc2c(N(C(=O)OC(C)(C)C)C(=O)OC(C)(C)C)nc3cc(Cc4cc(CN)ccc4F)ccc3c2n1CC(C)(C)OC(=O)OC(C)(C)C. The number of hydrogen-bond acceptors (Lipinski definition) is 11. The number of carbonyl (C=O) groups excluding carboxylic acids is 3. The standard InChI is InChI=1S/C40H54FN5O8/c1-13-50-22-30-44-31-32(45(30)23-40(11,12)54-36(49)53-39(8,9)10)27-16-14-24(18-26-19-25(21-42)15-17-28(26)41)20-29(27)43-33(31)46(34(47)51-37(2,3)4)35(48)52-38(5,6)7/h14-17,19-20H,13,18,21-23,42H2,1-12H3. The van der Waals surface area contributed by atoms with E-state index in [-0.39, 0.29) is 43.3 Å². The van der Waals surface area contributed by atoms with Crippen LogP contribution in [0, 0.1) is 5.82 Å². The zero-order valence-corrected chi connectivity index (χ0v) is 33.5. The lowest BCUT2D eigenvalue weighted by Crippen LogP contribution is -2.44. The number of anilines is 1. The van der Waals surface area contributed by atoms with E-state index >= 15 is 0 Å². The molecular weight excluding hydrogens is 697 g/mol. The molecule has 0 atom stereocenters. The van der Waals surface area contributed by atoms with Crippen LogP contribution in [0.4, 0.5) is 24.6 Å². The molecule has 0 aliphatic carbocycles. The topological polar surface area (TPSA) is 157 Å². The maximum atomic E-state index is 15.0. The number of ether oxygens (including phenoxy) is 5. The van der Waals surface area contributed by atoms with E-state index in [4.69, 9.17) is 39.4 Å². The Morgan fingerprint density at radius 3 is 1.94 bits per heavy atom. The van der Waals surface area contributed by atoms with E-state index in [0.717, 1.165) is 10.5 Å². The molecule has 294 valence electrons. The number of fused-ring (bicyclic) bond motifs is 3. The van der Waals surface area contributed by atoms with E-state index < -0.39 is 40.7 Å². The monoisotopic (exact) mass is 751 g/mol. The average Bonchev–Trinajstić information content (AvgIpc) is 3.35. The molecule has 2 aromatic carbocycles. The summed E-state index contributed by atoms with van der Waals surface area (Å²) >= 11 is 0. The van der Waals surface area contributed by atoms with E-state index in [2.05, 4.69) is 0 Å². The average molecular weight is 752 g/mol. The normalized spacial score (nSPS) is 12.6. The van der Waals surface area contributed by atoms with Crippen molar-refractivity contribution >= 4 is 46.1 Å². The number of imidazole rings is 1. The zero-order chi connectivity index (χ0) is 40.4. The van der Waals surface area contributed by atoms with E-state index in [9.17, 15) is 18.8 Å².